The maximum absolute atomic E-state index is 12.4. The average Bonchev–Trinajstić information content (AvgIpc) is 2.87. The van der Waals surface area contributed by atoms with Crippen LogP contribution in [0.4, 0.5) is 13.2 Å². The molecule has 0 saturated carbocycles. The Morgan fingerprint density at radius 2 is 2.05 bits per heavy atom. The van der Waals surface area contributed by atoms with E-state index in [0.717, 1.165) is 16.7 Å². The molecule has 19 heavy (non-hydrogen) atoms. The maximum atomic E-state index is 12.4. The molecule has 9 heteroatoms. The number of hydrogen-bond acceptors (Lipinski definition) is 6. The highest BCUT2D eigenvalue weighted by atomic mass is 32.1. The van der Waals surface area contributed by atoms with E-state index >= 15 is 0 Å². The number of nitrogens with zero attached hydrogens (tertiary/aromatic N) is 4. The Morgan fingerprint density at radius 3 is 2.58 bits per heavy atom. The highest BCUT2D eigenvalue weighted by Crippen LogP contribution is 2.30. The van der Waals surface area contributed by atoms with Crippen LogP contribution in [0.25, 0.3) is 0 Å². The summed E-state index contributed by atoms with van der Waals surface area (Å²) in [5.41, 5.74) is -0.852. The van der Waals surface area contributed by atoms with E-state index in [9.17, 15) is 13.2 Å². The lowest BCUT2D eigenvalue weighted by atomic mass is 10.5. The van der Waals surface area contributed by atoms with Gasteiger partial charge in [0.15, 0.2) is 5.69 Å². The second-order valence-electron chi connectivity index (χ2n) is 4.01. The zero-order valence-electron chi connectivity index (χ0n) is 10.2. The molecule has 0 radical (unpaired) electrons. The topological polar surface area (TPSA) is 55.1 Å². The summed E-state index contributed by atoms with van der Waals surface area (Å²) in [6.07, 6.45) is -4.39. The van der Waals surface area contributed by atoms with E-state index in [1.165, 1.54) is 0 Å². The van der Waals surface area contributed by atoms with Gasteiger partial charge in [-0.3, -0.25) is 4.90 Å². The van der Waals surface area contributed by atoms with Gasteiger partial charge in [0.05, 0.1) is 13.1 Å². The number of alkyl halides is 3. The number of aromatic nitrogens is 3. The summed E-state index contributed by atoms with van der Waals surface area (Å²) in [6, 6.07) is 0. The second kappa shape index (κ2) is 5.25. The predicted molar refractivity (Wildman–Crippen MR) is 61.3 cm³/mol. The molecule has 2 aromatic heterocycles. The molecule has 0 aromatic carbocycles. The normalized spacial score (nSPS) is 12.3. The number of thiazole rings is 1. The number of aryl methyl sites for hydroxylation is 1. The maximum Gasteiger partial charge on any atom is 0.434 e. The monoisotopic (exact) mass is 292 g/mol. The van der Waals surface area contributed by atoms with Gasteiger partial charge in [0.25, 0.3) is 0 Å². The Bertz CT molecular complexity index is 551. The van der Waals surface area contributed by atoms with Crippen LogP contribution in [0.2, 0.25) is 0 Å². The first kappa shape index (κ1) is 13.9. The van der Waals surface area contributed by atoms with Crippen LogP contribution >= 0.6 is 11.3 Å². The van der Waals surface area contributed by atoms with E-state index < -0.39 is 11.9 Å². The van der Waals surface area contributed by atoms with Crippen molar-refractivity contribution in [2.24, 2.45) is 0 Å². The summed E-state index contributed by atoms with van der Waals surface area (Å²) in [6.45, 7) is 2.33. The minimum Gasteiger partial charge on any atom is -0.424 e. The first-order valence-corrected chi connectivity index (χ1v) is 6.21. The number of halogens is 3. The Kier molecular flexibility index (Phi) is 3.85. The molecule has 0 unspecified atom stereocenters. The summed E-state index contributed by atoms with van der Waals surface area (Å²) in [7, 11) is 1.74. The lowest BCUT2D eigenvalue weighted by molar-refractivity contribution is -0.140. The third kappa shape index (κ3) is 3.74. The summed E-state index contributed by atoms with van der Waals surface area (Å²) in [5.74, 6) is 0.879. The minimum absolute atomic E-state index is 0.294. The Morgan fingerprint density at radius 1 is 1.32 bits per heavy atom. The average molecular weight is 292 g/mol. The molecule has 5 nitrogen and oxygen atoms in total. The van der Waals surface area contributed by atoms with Crippen LogP contribution in [-0.4, -0.2) is 27.1 Å². The van der Waals surface area contributed by atoms with Gasteiger partial charge in [0.2, 0.25) is 11.8 Å². The molecular weight excluding hydrogens is 281 g/mol. The minimum atomic E-state index is -4.39. The van der Waals surface area contributed by atoms with Crippen molar-refractivity contribution >= 4 is 11.3 Å². The van der Waals surface area contributed by atoms with Crippen LogP contribution in [0.3, 0.4) is 0 Å². The first-order valence-electron chi connectivity index (χ1n) is 5.33. The van der Waals surface area contributed by atoms with Gasteiger partial charge in [0, 0.05) is 12.3 Å². The van der Waals surface area contributed by atoms with Crippen LogP contribution < -0.4 is 0 Å². The molecule has 2 aromatic rings. The SMILES string of the molecule is Cc1nnc(CN(C)Cc2nc(C(F)(F)F)cs2)o1. The predicted octanol–water partition coefficient (Wildman–Crippen LogP) is 2.49. The molecular formula is C10H11F3N4OS. The molecule has 0 N–H and O–H groups in total. The number of hydrogen-bond donors (Lipinski definition) is 0. The molecule has 0 saturated heterocycles. The molecule has 0 bridgehead atoms. The van der Waals surface area contributed by atoms with Crippen molar-refractivity contribution in [3.63, 3.8) is 0 Å². The van der Waals surface area contributed by atoms with E-state index in [0.29, 0.717) is 29.9 Å². The van der Waals surface area contributed by atoms with E-state index in [-0.39, 0.29) is 0 Å². The third-order valence-electron chi connectivity index (χ3n) is 2.22. The van der Waals surface area contributed by atoms with Crippen LogP contribution in [0.15, 0.2) is 9.80 Å². The van der Waals surface area contributed by atoms with Crippen LogP contribution in [0, 0.1) is 6.92 Å². The van der Waals surface area contributed by atoms with Crippen molar-refractivity contribution in [3.8, 4) is 0 Å². The zero-order valence-corrected chi connectivity index (χ0v) is 11.0. The summed E-state index contributed by atoms with van der Waals surface area (Å²) in [4.78, 5) is 5.31. The van der Waals surface area contributed by atoms with E-state index in [1.54, 1.807) is 18.9 Å². The van der Waals surface area contributed by atoms with Crippen molar-refractivity contribution in [3.05, 3.63) is 27.9 Å². The quantitative estimate of drug-likeness (QED) is 0.866. The van der Waals surface area contributed by atoms with Crippen molar-refractivity contribution in [2.45, 2.75) is 26.2 Å². The smallest absolute Gasteiger partial charge is 0.424 e. The molecule has 2 heterocycles. The first-order chi connectivity index (χ1) is 8.84. The standard InChI is InChI=1S/C10H11F3N4OS/c1-6-15-16-8(18-6)3-17(2)4-9-14-7(5-19-9)10(11,12)13/h5H,3-4H2,1-2H3. The summed E-state index contributed by atoms with van der Waals surface area (Å²) in [5, 5.41) is 8.90. The fraction of sp³-hybridized carbons (Fsp3) is 0.500. The van der Waals surface area contributed by atoms with Crippen LogP contribution in [-0.2, 0) is 19.3 Å². The molecule has 0 amide bonds. The van der Waals surface area contributed by atoms with E-state index in [4.69, 9.17) is 4.42 Å². The summed E-state index contributed by atoms with van der Waals surface area (Å²) < 4.78 is 42.3. The van der Waals surface area contributed by atoms with Crippen LogP contribution in [0.1, 0.15) is 22.5 Å². The van der Waals surface area contributed by atoms with Crippen molar-refractivity contribution in [1.82, 2.24) is 20.1 Å². The van der Waals surface area contributed by atoms with Gasteiger partial charge in [-0.25, -0.2) is 4.98 Å². The van der Waals surface area contributed by atoms with Gasteiger partial charge >= 0.3 is 6.18 Å². The second-order valence-corrected chi connectivity index (χ2v) is 4.95. The van der Waals surface area contributed by atoms with Gasteiger partial charge in [-0.1, -0.05) is 0 Å². The van der Waals surface area contributed by atoms with Gasteiger partial charge in [-0.2, -0.15) is 13.2 Å². The third-order valence-corrected chi connectivity index (χ3v) is 3.05. The van der Waals surface area contributed by atoms with E-state index in [2.05, 4.69) is 15.2 Å². The van der Waals surface area contributed by atoms with Gasteiger partial charge < -0.3 is 4.42 Å². The van der Waals surface area contributed by atoms with E-state index in [1.807, 2.05) is 0 Å². The lowest BCUT2D eigenvalue weighted by Gasteiger charge is -2.11. The highest BCUT2D eigenvalue weighted by molar-refractivity contribution is 7.09. The van der Waals surface area contributed by atoms with Crippen LogP contribution in [0.5, 0.6) is 0 Å². The molecule has 0 aliphatic rings. The highest BCUT2D eigenvalue weighted by Gasteiger charge is 2.33. The molecule has 0 spiro atoms. The Hall–Kier alpha value is -1.48. The molecule has 0 fully saturated rings. The zero-order chi connectivity index (χ0) is 14.0. The largest absolute Gasteiger partial charge is 0.434 e. The molecule has 2 rings (SSSR count). The van der Waals surface area contributed by atoms with Crippen molar-refractivity contribution < 1.29 is 17.6 Å². The Balaban J connectivity index is 1.95. The fourth-order valence-corrected chi connectivity index (χ4v) is 2.31. The van der Waals surface area contributed by atoms with Crippen molar-refractivity contribution in [2.75, 3.05) is 7.05 Å². The molecule has 0 aliphatic carbocycles. The Labute approximate surface area is 111 Å². The lowest BCUT2D eigenvalue weighted by Crippen LogP contribution is -2.17. The molecule has 0 atom stereocenters. The fourth-order valence-electron chi connectivity index (χ4n) is 1.43. The number of rotatable bonds is 4. The van der Waals surface area contributed by atoms with Crippen molar-refractivity contribution in [1.29, 1.82) is 0 Å². The summed E-state index contributed by atoms with van der Waals surface area (Å²) >= 11 is 0.981. The molecule has 0 aliphatic heterocycles. The molecule has 104 valence electrons. The van der Waals surface area contributed by atoms with Gasteiger partial charge in [0.1, 0.15) is 5.01 Å². The van der Waals surface area contributed by atoms with Gasteiger partial charge in [-0.15, -0.1) is 21.5 Å². The van der Waals surface area contributed by atoms with Gasteiger partial charge in [-0.05, 0) is 7.05 Å².